The number of hydrogen-bond donors (Lipinski definition) is 2. The van der Waals surface area contributed by atoms with Crippen LogP contribution in [0.2, 0.25) is 0 Å². The third kappa shape index (κ3) is 6.49. The first-order chi connectivity index (χ1) is 17.6. The molecule has 0 aliphatic carbocycles. The van der Waals surface area contributed by atoms with E-state index in [1.165, 1.54) is 23.4 Å². The van der Waals surface area contributed by atoms with Gasteiger partial charge in [-0.05, 0) is 49.2 Å². The normalized spacial score (nSPS) is 14.8. The Bertz CT molecular complexity index is 1410. The van der Waals surface area contributed by atoms with Gasteiger partial charge in [-0.15, -0.1) is 12.4 Å². The molecule has 0 fully saturated rings. The molecule has 200 valence electrons. The average Bonchev–Trinajstić information content (AvgIpc) is 3.31. The number of halogens is 3. The summed E-state index contributed by atoms with van der Waals surface area (Å²) in [5.74, 6) is 4.97. The van der Waals surface area contributed by atoms with Gasteiger partial charge in [0, 0.05) is 43.3 Å². The molecule has 1 aromatic heterocycles. The van der Waals surface area contributed by atoms with Gasteiger partial charge in [0.25, 0.3) is 5.91 Å². The first-order valence-corrected chi connectivity index (χ1v) is 11.6. The van der Waals surface area contributed by atoms with Crippen LogP contribution in [-0.2, 0) is 11.2 Å². The molecule has 0 radical (unpaired) electrons. The van der Waals surface area contributed by atoms with Crippen molar-refractivity contribution >= 4 is 30.0 Å². The monoisotopic (exact) mass is 543 g/mol. The molecule has 1 unspecified atom stereocenters. The molecule has 0 saturated heterocycles. The average molecular weight is 544 g/mol. The van der Waals surface area contributed by atoms with Crippen molar-refractivity contribution in [2.75, 3.05) is 25.1 Å². The minimum atomic E-state index is -0.974. The number of fused-ring (bicyclic) bond motifs is 1. The number of nitrogens with two attached hydrogens (primary N) is 1. The van der Waals surface area contributed by atoms with Crippen LogP contribution in [-0.4, -0.2) is 48.0 Å². The Hall–Kier alpha value is -3.94. The van der Waals surface area contributed by atoms with E-state index in [1.807, 2.05) is 13.8 Å². The molecule has 1 aliphatic heterocycles. The highest BCUT2D eigenvalue weighted by Gasteiger charge is 2.31. The summed E-state index contributed by atoms with van der Waals surface area (Å²) < 4.78 is 33.9. The Balaban J connectivity index is 0.00000400. The van der Waals surface area contributed by atoms with Gasteiger partial charge in [0.05, 0.1) is 11.9 Å². The summed E-state index contributed by atoms with van der Waals surface area (Å²) in [4.78, 5) is 27.4. The quantitative estimate of drug-likeness (QED) is 0.490. The number of anilines is 1. The van der Waals surface area contributed by atoms with Gasteiger partial charge >= 0.3 is 6.03 Å². The van der Waals surface area contributed by atoms with Gasteiger partial charge in [-0.25, -0.2) is 13.6 Å². The minimum absolute atomic E-state index is 0. The molecule has 38 heavy (non-hydrogen) atoms. The van der Waals surface area contributed by atoms with Crippen molar-refractivity contribution in [2.45, 2.75) is 26.3 Å². The molecule has 4 rings (SSSR count). The summed E-state index contributed by atoms with van der Waals surface area (Å²) >= 11 is 0. The summed E-state index contributed by atoms with van der Waals surface area (Å²) in [6.45, 7) is 4.22. The molecule has 2 heterocycles. The standard InChI is InChI=1S/C27H27F2N5O3.ClH/c1-27(2,16-30)9-8-17-4-7-24-23(11-17)33(3)25(35)22(15-37-24)32-26(36)34-14-18(13-31-34)10-19-5-6-20(28)12-21(19)29;/h4-7,11-14,22H,10,15-16,30H2,1-3H3,(H,32,36);1H. The first-order valence-electron chi connectivity index (χ1n) is 11.6. The maximum Gasteiger partial charge on any atom is 0.342 e. The Morgan fingerprint density at radius 1 is 1.26 bits per heavy atom. The van der Waals surface area contributed by atoms with Crippen molar-refractivity contribution in [3.8, 4) is 17.6 Å². The van der Waals surface area contributed by atoms with Crippen LogP contribution in [0.3, 0.4) is 0 Å². The molecule has 0 bridgehead atoms. The largest absolute Gasteiger partial charge is 0.489 e. The second-order valence-corrected chi connectivity index (χ2v) is 9.44. The number of ether oxygens (including phenoxy) is 1. The van der Waals surface area contributed by atoms with Crippen molar-refractivity contribution in [2.24, 2.45) is 11.1 Å². The number of carbonyl (C=O) groups is 2. The molecule has 11 heteroatoms. The van der Waals surface area contributed by atoms with E-state index in [-0.39, 0.29) is 42.3 Å². The fourth-order valence-electron chi connectivity index (χ4n) is 3.63. The summed E-state index contributed by atoms with van der Waals surface area (Å²) in [7, 11) is 1.60. The van der Waals surface area contributed by atoms with Crippen LogP contribution in [0.5, 0.6) is 5.75 Å². The summed E-state index contributed by atoms with van der Waals surface area (Å²) in [5, 5.41) is 6.64. The van der Waals surface area contributed by atoms with Crippen molar-refractivity contribution in [3.63, 3.8) is 0 Å². The molecule has 8 nitrogen and oxygen atoms in total. The predicted octanol–water partition coefficient (Wildman–Crippen LogP) is 3.49. The Kier molecular flexibility index (Phi) is 8.76. The van der Waals surface area contributed by atoms with E-state index in [0.29, 0.717) is 29.1 Å². The molecule has 3 aromatic rings. The lowest BCUT2D eigenvalue weighted by molar-refractivity contribution is -0.120. The molecule has 0 saturated carbocycles. The zero-order chi connectivity index (χ0) is 26.7. The van der Waals surface area contributed by atoms with Crippen LogP contribution in [0, 0.1) is 28.9 Å². The molecule has 2 aromatic carbocycles. The Labute approximate surface area is 225 Å². The van der Waals surface area contributed by atoms with Gasteiger partial charge in [-0.2, -0.15) is 9.78 Å². The smallest absolute Gasteiger partial charge is 0.342 e. The topological polar surface area (TPSA) is 102 Å². The van der Waals surface area contributed by atoms with Crippen LogP contribution in [0.1, 0.15) is 30.5 Å². The van der Waals surface area contributed by atoms with Crippen molar-refractivity contribution in [1.82, 2.24) is 15.1 Å². The highest BCUT2D eigenvalue weighted by Crippen LogP contribution is 2.31. The number of carbonyl (C=O) groups excluding carboxylic acids is 2. The van der Waals surface area contributed by atoms with E-state index in [1.54, 1.807) is 25.2 Å². The molecule has 2 amide bonds. The molecule has 3 N–H and O–H groups in total. The van der Waals surface area contributed by atoms with E-state index in [0.717, 1.165) is 16.8 Å². The van der Waals surface area contributed by atoms with E-state index in [9.17, 15) is 18.4 Å². The van der Waals surface area contributed by atoms with Gasteiger partial charge in [-0.1, -0.05) is 17.9 Å². The third-order valence-corrected chi connectivity index (χ3v) is 5.96. The lowest BCUT2D eigenvalue weighted by atomic mass is 9.94. The molecular weight excluding hydrogens is 516 g/mol. The number of amides is 2. The van der Waals surface area contributed by atoms with Crippen LogP contribution in [0.4, 0.5) is 19.3 Å². The lowest BCUT2D eigenvalue weighted by Crippen LogP contribution is -2.50. The van der Waals surface area contributed by atoms with Gasteiger partial charge in [0.2, 0.25) is 0 Å². The van der Waals surface area contributed by atoms with E-state index >= 15 is 0 Å². The summed E-state index contributed by atoms with van der Waals surface area (Å²) in [6, 6.07) is 6.97. The van der Waals surface area contributed by atoms with Crippen LogP contribution in [0.15, 0.2) is 48.8 Å². The van der Waals surface area contributed by atoms with Gasteiger partial charge in [0.15, 0.2) is 0 Å². The predicted molar refractivity (Wildman–Crippen MR) is 141 cm³/mol. The van der Waals surface area contributed by atoms with Crippen LogP contribution in [0.25, 0.3) is 0 Å². The van der Waals surface area contributed by atoms with E-state index < -0.39 is 23.7 Å². The highest BCUT2D eigenvalue weighted by atomic mass is 35.5. The molecule has 1 atom stereocenters. The van der Waals surface area contributed by atoms with Crippen molar-refractivity contribution < 1.29 is 23.1 Å². The number of nitrogens with zero attached hydrogens (tertiary/aromatic N) is 3. The first kappa shape index (κ1) is 28.6. The Morgan fingerprint density at radius 3 is 2.74 bits per heavy atom. The van der Waals surface area contributed by atoms with Gasteiger partial charge in [-0.3, -0.25) is 4.79 Å². The molecule has 0 spiro atoms. The van der Waals surface area contributed by atoms with Crippen molar-refractivity contribution in [3.05, 3.63) is 77.1 Å². The van der Waals surface area contributed by atoms with Gasteiger partial charge < -0.3 is 20.7 Å². The van der Waals surface area contributed by atoms with Crippen LogP contribution < -0.4 is 20.7 Å². The fraction of sp³-hybridized carbons (Fsp3) is 0.296. The SMILES string of the molecule is CN1C(=O)C(NC(=O)n2cc(Cc3ccc(F)cc3F)cn2)COc2ccc(C#CC(C)(C)CN)cc21.Cl. The van der Waals surface area contributed by atoms with Gasteiger partial charge in [0.1, 0.15) is 30.0 Å². The summed E-state index contributed by atoms with van der Waals surface area (Å²) in [5.41, 5.74) is 7.44. The number of hydrogen-bond acceptors (Lipinski definition) is 5. The summed E-state index contributed by atoms with van der Waals surface area (Å²) in [6.07, 6.45) is 2.95. The number of aromatic nitrogens is 2. The fourth-order valence-corrected chi connectivity index (χ4v) is 3.63. The zero-order valence-electron chi connectivity index (χ0n) is 21.1. The zero-order valence-corrected chi connectivity index (χ0v) is 21.9. The van der Waals surface area contributed by atoms with E-state index in [2.05, 4.69) is 22.3 Å². The van der Waals surface area contributed by atoms with Crippen molar-refractivity contribution in [1.29, 1.82) is 0 Å². The van der Waals surface area contributed by atoms with Crippen LogP contribution >= 0.6 is 12.4 Å². The minimum Gasteiger partial charge on any atom is -0.489 e. The maximum atomic E-state index is 14.0. The number of benzene rings is 2. The maximum absolute atomic E-state index is 14.0. The second-order valence-electron chi connectivity index (χ2n) is 9.44. The number of rotatable bonds is 4. The molecule has 1 aliphatic rings. The highest BCUT2D eigenvalue weighted by molar-refractivity contribution is 6.00. The van der Waals surface area contributed by atoms with E-state index in [4.69, 9.17) is 10.5 Å². The number of likely N-dealkylation sites (N-methyl/N-ethyl adjacent to an activating group) is 1. The number of nitrogens with one attached hydrogen (secondary N) is 1. The molecular formula is C27H28ClF2N5O3. The lowest BCUT2D eigenvalue weighted by Gasteiger charge is -2.20. The third-order valence-electron chi connectivity index (χ3n) is 5.96. The Morgan fingerprint density at radius 2 is 2.03 bits per heavy atom. The second kappa shape index (κ2) is 11.6.